The topological polar surface area (TPSA) is 77.0 Å². The maximum Gasteiger partial charge on any atom is 0.411 e. The number of nitrogens with one attached hydrogen (secondary N) is 1. The highest BCUT2D eigenvalue weighted by molar-refractivity contribution is 5.85. The molecule has 0 aliphatic carbocycles. The standard InChI is InChI=1S/C19H23NO5/c1-2-23-11-12-24-13-14-25-19(22)20-17-7-3-15(4-8-17)16-5-9-18(21)10-6-16/h3-10,21H,2,11-14H2,1H3,(H,20,22). The van der Waals surface area contributed by atoms with Crippen molar-refractivity contribution in [2.45, 2.75) is 6.92 Å². The van der Waals surface area contributed by atoms with Gasteiger partial charge in [0.25, 0.3) is 0 Å². The van der Waals surface area contributed by atoms with Gasteiger partial charge in [-0.3, -0.25) is 5.32 Å². The highest BCUT2D eigenvalue weighted by Gasteiger charge is 2.04. The number of benzene rings is 2. The fraction of sp³-hybridized carbons (Fsp3) is 0.316. The highest BCUT2D eigenvalue weighted by Crippen LogP contribution is 2.23. The van der Waals surface area contributed by atoms with Gasteiger partial charge in [-0.05, 0) is 42.3 Å². The molecule has 1 amide bonds. The molecule has 6 nitrogen and oxygen atoms in total. The van der Waals surface area contributed by atoms with E-state index in [2.05, 4.69) is 5.32 Å². The van der Waals surface area contributed by atoms with Gasteiger partial charge in [-0.2, -0.15) is 0 Å². The van der Waals surface area contributed by atoms with Crippen molar-refractivity contribution in [2.24, 2.45) is 0 Å². The van der Waals surface area contributed by atoms with Crippen LogP contribution >= 0.6 is 0 Å². The number of aromatic hydroxyl groups is 1. The molecular formula is C19H23NO5. The lowest BCUT2D eigenvalue weighted by molar-refractivity contribution is 0.0333. The van der Waals surface area contributed by atoms with Crippen LogP contribution < -0.4 is 5.32 Å². The minimum Gasteiger partial charge on any atom is -0.508 e. The first-order chi connectivity index (χ1) is 12.2. The zero-order valence-electron chi connectivity index (χ0n) is 14.2. The molecule has 0 unspecified atom stereocenters. The summed E-state index contributed by atoms with van der Waals surface area (Å²) in [6.45, 7) is 4.12. The number of anilines is 1. The highest BCUT2D eigenvalue weighted by atomic mass is 16.6. The van der Waals surface area contributed by atoms with Crippen LogP contribution in [-0.2, 0) is 14.2 Å². The monoisotopic (exact) mass is 345 g/mol. The Morgan fingerprint density at radius 3 is 2.08 bits per heavy atom. The third-order valence-corrected chi connectivity index (χ3v) is 3.37. The van der Waals surface area contributed by atoms with Crippen LogP contribution in [0.15, 0.2) is 48.5 Å². The average molecular weight is 345 g/mol. The molecule has 0 aliphatic heterocycles. The first-order valence-corrected chi connectivity index (χ1v) is 8.18. The molecule has 0 fully saturated rings. The lowest BCUT2D eigenvalue weighted by atomic mass is 10.1. The zero-order chi connectivity index (χ0) is 17.9. The van der Waals surface area contributed by atoms with Crippen molar-refractivity contribution in [1.82, 2.24) is 0 Å². The third-order valence-electron chi connectivity index (χ3n) is 3.37. The molecule has 0 radical (unpaired) electrons. The molecule has 134 valence electrons. The predicted octanol–water partition coefficient (Wildman–Crippen LogP) is 3.66. The van der Waals surface area contributed by atoms with E-state index in [0.29, 0.717) is 32.1 Å². The molecule has 0 heterocycles. The molecule has 0 saturated heterocycles. The van der Waals surface area contributed by atoms with Crippen molar-refractivity contribution in [3.63, 3.8) is 0 Å². The van der Waals surface area contributed by atoms with Gasteiger partial charge in [-0.25, -0.2) is 4.79 Å². The van der Waals surface area contributed by atoms with E-state index in [0.717, 1.165) is 11.1 Å². The Morgan fingerprint density at radius 2 is 1.44 bits per heavy atom. The fourth-order valence-corrected chi connectivity index (χ4v) is 2.11. The van der Waals surface area contributed by atoms with E-state index < -0.39 is 6.09 Å². The second-order valence-corrected chi connectivity index (χ2v) is 5.19. The van der Waals surface area contributed by atoms with Crippen LogP contribution in [0.5, 0.6) is 5.75 Å². The summed E-state index contributed by atoms with van der Waals surface area (Å²) in [7, 11) is 0. The number of rotatable bonds is 9. The molecule has 0 aromatic heterocycles. The number of hydrogen-bond donors (Lipinski definition) is 2. The number of phenolic OH excluding ortho intramolecular Hbond substituents is 1. The molecule has 0 saturated carbocycles. The van der Waals surface area contributed by atoms with Gasteiger partial charge in [0.05, 0.1) is 19.8 Å². The van der Waals surface area contributed by atoms with Gasteiger partial charge in [-0.15, -0.1) is 0 Å². The lowest BCUT2D eigenvalue weighted by Gasteiger charge is -2.08. The van der Waals surface area contributed by atoms with E-state index in [4.69, 9.17) is 14.2 Å². The molecule has 0 bridgehead atoms. The minimum absolute atomic E-state index is 0.184. The Bertz CT molecular complexity index is 640. The van der Waals surface area contributed by atoms with Crippen molar-refractivity contribution in [2.75, 3.05) is 38.4 Å². The van der Waals surface area contributed by atoms with E-state index in [1.807, 2.05) is 31.2 Å². The van der Waals surface area contributed by atoms with Crippen molar-refractivity contribution >= 4 is 11.8 Å². The van der Waals surface area contributed by atoms with Crippen molar-refractivity contribution < 1.29 is 24.1 Å². The number of carbonyl (C=O) groups excluding carboxylic acids is 1. The molecule has 2 N–H and O–H groups in total. The summed E-state index contributed by atoms with van der Waals surface area (Å²) in [6, 6.07) is 14.3. The van der Waals surface area contributed by atoms with Gasteiger partial charge in [0.2, 0.25) is 0 Å². The second kappa shape index (κ2) is 10.3. The van der Waals surface area contributed by atoms with Gasteiger partial charge >= 0.3 is 6.09 Å². The number of hydrogen-bond acceptors (Lipinski definition) is 5. The summed E-state index contributed by atoms with van der Waals surface area (Å²) in [5, 5.41) is 12.0. The number of amides is 1. The quantitative estimate of drug-likeness (QED) is 0.678. The Morgan fingerprint density at radius 1 is 0.880 bits per heavy atom. The van der Waals surface area contributed by atoms with Crippen LogP contribution in [0.1, 0.15) is 6.92 Å². The molecule has 6 heteroatoms. The summed E-state index contributed by atoms with van der Waals surface area (Å²) in [5.74, 6) is 0.228. The van der Waals surface area contributed by atoms with Crippen LogP contribution in [0, 0.1) is 0 Å². The van der Waals surface area contributed by atoms with Gasteiger partial charge in [0.15, 0.2) is 0 Å². The maximum atomic E-state index is 11.7. The molecule has 2 aromatic carbocycles. The normalized spacial score (nSPS) is 10.4. The number of phenols is 1. The maximum absolute atomic E-state index is 11.7. The van der Waals surface area contributed by atoms with Crippen LogP contribution in [0.3, 0.4) is 0 Å². The second-order valence-electron chi connectivity index (χ2n) is 5.19. The van der Waals surface area contributed by atoms with Crippen molar-refractivity contribution in [3.8, 4) is 16.9 Å². The summed E-state index contributed by atoms with van der Waals surface area (Å²) < 4.78 is 15.4. The average Bonchev–Trinajstić information content (AvgIpc) is 2.62. The van der Waals surface area contributed by atoms with Crippen LogP contribution in [0.25, 0.3) is 11.1 Å². The van der Waals surface area contributed by atoms with Gasteiger partial charge < -0.3 is 19.3 Å². The van der Waals surface area contributed by atoms with Crippen LogP contribution in [0.2, 0.25) is 0 Å². The minimum atomic E-state index is -0.522. The third kappa shape index (κ3) is 6.82. The van der Waals surface area contributed by atoms with E-state index >= 15 is 0 Å². The van der Waals surface area contributed by atoms with Crippen LogP contribution in [0.4, 0.5) is 10.5 Å². The smallest absolute Gasteiger partial charge is 0.411 e. The summed E-state index contributed by atoms with van der Waals surface area (Å²) in [6.07, 6.45) is -0.522. The summed E-state index contributed by atoms with van der Waals surface area (Å²) in [5.41, 5.74) is 2.61. The molecule has 2 rings (SSSR count). The molecule has 25 heavy (non-hydrogen) atoms. The SMILES string of the molecule is CCOCCOCCOC(=O)Nc1ccc(-c2ccc(O)cc2)cc1. The largest absolute Gasteiger partial charge is 0.508 e. The molecule has 0 spiro atoms. The first kappa shape index (κ1) is 18.8. The Hall–Kier alpha value is -2.57. The van der Waals surface area contributed by atoms with Gasteiger partial charge in [-0.1, -0.05) is 24.3 Å². The first-order valence-electron chi connectivity index (χ1n) is 8.18. The van der Waals surface area contributed by atoms with Gasteiger partial charge in [0.1, 0.15) is 12.4 Å². The van der Waals surface area contributed by atoms with E-state index in [-0.39, 0.29) is 12.4 Å². The predicted molar refractivity (Wildman–Crippen MR) is 95.8 cm³/mol. The molecule has 0 atom stereocenters. The van der Waals surface area contributed by atoms with Crippen LogP contribution in [-0.4, -0.2) is 44.2 Å². The number of ether oxygens (including phenoxy) is 3. The summed E-state index contributed by atoms with van der Waals surface area (Å²) in [4.78, 5) is 11.7. The van der Waals surface area contributed by atoms with Crippen molar-refractivity contribution in [3.05, 3.63) is 48.5 Å². The van der Waals surface area contributed by atoms with Gasteiger partial charge in [0, 0.05) is 12.3 Å². The molecule has 0 aliphatic rings. The van der Waals surface area contributed by atoms with E-state index in [9.17, 15) is 9.90 Å². The molecular weight excluding hydrogens is 322 g/mol. The van der Waals surface area contributed by atoms with Crippen molar-refractivity contribution in [1.29, 1.82) is 0 Å². The Balaban J connectivity index is 1.71. The fourth-order valence-electron chi connectivity index (χ4n) is 2.11. The lowest BCUT2D eigenvalue weighted by Crippen LogP contribution is -2.17. The summed E-state index contributed by atoms with van der Waals surface area (Å²) >= 11 is 0. The molecule has 2 aromatic rings. The Kier molecular flexibility index (Phi) is 7.75. The van der Waals surface area contributed by atoms with E-state index in [1.54, 1.807) is 24.3 Å². The Labute approximate surface area is 147 Å². The number of carbonyl (C=O) groups is 1. The van der Waals surface area contributed by atoms with E-state index in [1.165, 1.54) is 0 Å². The zero-order valence-corrected chi connectivity index (χ0v) is 14.2.